The number of hydrogen-bond donors (Lipinski definition) is 3. The van der Waals surface area contributed by atoms with Crippen LogP contribution in [0.2, 0.25) is 0 Å². The second-order valence-electron chi connectivity index (χ2n) is 14.4. The van der Waals surface area contributed by atoms with E-state index >= 15 is 0 Å². The van der Waals surface area contributed by atoms with E-state index in [0.717, 1.165) is 70.6 Å². The summed E-state index contributed by atoms with van der Waals surface area (Å²) in [5.74, 6) is -1.30. The Morgan fingerprint density at radius 2 is 1.08 bits per heavy atom. The summed E-state index contributed by atoms with van der Waals surface area (Å²) in [5, 5.41) is 11.9. The average Bonchev–Trinajstić information content (AvgIpc) is 3.11. The molecule has 4 N–H and O–H groups in total. The zero-order chi connectivity index (χ0) is 37.5. The Kier molecular flexibility index (Phi) is 37.0. The van der Waals surface area contributed by atoms with Crippen LogP contribution in [0.3, 0.4) is 0 Å². The normalized spacial score (nSPS) is 13.0. The summed E-state index contributed by atoms with van der Waals surface area (Å²) in [5.41, 5.74) is 5.47. The quantitative estimate of drug-likeness (QED) is 0.0332. The van der Waals surface area contributed by atoms with E-state index in [1.165, 1.54) is 96.3 Å². The number of nitrogens with two attached hydrogens (primary N) is 1. The molecule has 0 saturated heterocycles. The Balaban J connectivity index is 4.27. The van der Waals surface area contributed by atoms with E-state index < -0.39 is 12.0 Å². The van der Waals surface area contributed by atoms with Crippen molar-refractivity contribution >= 4 is 17.8 Å². The van der Waals surface area contributed by atoms with Crippen molar-refractivity contribution in [3.63, 3.8) is 0 Å². The van der Waals surface area contributed by atoms with E-state index in [1.54, 1.807) is 0 Å². The summed E-state index contributed by atoms with van der Waals surface area (Å²) in [6, 6.07) is -0.856. The van der Waals surface area contributed by atoms with Crippen LogP contribution >= 0.6 is 0 Å². The maximum absolute atomic E-state index is 12.7. The molecule has 0 radical (unpaired) electrons. The molecule has 7 nitrogen and oxygen atoms in total. The fourth-order valence-corrected chi connectivity index (χ4v) is 6.16. The zero-order valence-electron chi connectivity index (χ0n) is 33.2. The lowest BCUT2D eigenvalue weighted by atomic mass is 10.0. The van der Waals surface area contributed by atoms with Crippen molar-refractivity contribution < 1.29 is 24.2 Å². The third-order valence-corrected chi connectivity index (χ3v) is 9.41. The molecule has 1 amide bonds. The highest BCUT2D eigenvalue weighted by Gasteiger charge is 2.18. The third-order valence-electron chi connectivity index (χ3n) is 9.41. The molecule has 51 heavy (non-hydrogen) atoms. The van der Waals surface area contributed by atoms with Crippen molar-refractivity contribution in [3.8, 4) is 0 Å². The molecule has 0 fully saturated rings. The van der Waals surface area contributed by atoms with Gasteiger partial charge in [0, 0.05) is 12.8 Å². The van der Waals surface area contributed by atoms with Gasteiger partial charge in [0.1, 0.15) is 12.1 Å². The average molecular weight is 717 g/mol. The number of ether oxygens (including phenoxy) is 1. The number of allylic oxidation sites excluding steroid dienone is 5. The number of unbranched alkanes of at least 4 members (excludes halogenated alkanes) is 20. The molecule has 296 valence electrons. The van der Waals surface area contributed by atoms with Gasteiger partial charge in [-0.05, 0) is 96.1 Å². The van der Waals surface area contributed by atoms with Crippen molar-refractivity contribution in [3.05, 3.63) is 36.5 Å². The predicted octanol–water partition coefficient (Wildman–Crippen LogP) is 11.8. The number of carboxylic acid groups (broad SMARTS) is 1. The molecule has 0 aliphatic rings. The Bertz CT molecular complexity index is 900. The van der Waals surface area contributed by atoms with Crippen LogP contribution in [-0.2, 0) is 19.1 Å². The van der Waals surface area contributed by atoms with E-state index in [4.69, 9.17) is 10.5 Å². The van der Waals surface area contributed by atoms with Crippen LogP contribution in [0.1, 0.15) is 206 Å². The highest BCUT2D eigenvalue weighted by atomic mass is 16.5. The molecule has 0 aromatic carbocycles. The van der Waals surface area contributed by atoms with Gasteiger partial charge in [-0.2, -0.15) is 0 Å². The van der Waals surface area contributed by atoms with E-state index in [1.807, 2.05) is 0 Å². The smallest absolute Gasteiger partial charge is 0.326 e. The molecule has 0 aliphatic heterocycles. The number of amides is 1. The lowest BCUT2D eigenvalue weighted by Gasteiger charge is -2.15. The van der Waals surface area contributed by atoms with Gasteiger partial charge in [0.05, 0.1) is 0 Å². The fourth-order valence-electron chi connectivity index (χ4n) is 6.16. The third kappa shape index (κ3) is 35.8. The van der Waals surface area contributed by atoms with Crippen LogP contribution in [0, 0.1) is 0 Å². The van der Waals surface area contributed by atoms with E-state index in [-0.39, 0.29) is 18.0 Å². The Labute approximate surface area is 314 Å². The Hall–Kier alpha value is -2.41. The molecule has 2 unspecified atom stereocenters. The van der Waals surface area contributed by atoms with E-state index in [0.29, 0.717) is 32.2 Å². The first-order valence-electron chi connectivity index (χ1n) is 21.3. The molecule has 0 aromatic rings. The van der Waals surface area contributed by atoms with Crippen LogP contribution in [-0.4, -0.2) is 41.6 Å². The Morgan fingerprint density at radius 1 is 0.588 bits per heavy atom. The van der Waals surface area contributed by atoms with Crippen LogP contribution in [0.4, 0.5) is 0 Å². The summed E-state index contributed by atoms with van der Waals surface area (Å²) >= 11 is 0. The van der Waals surface area contributed by atoms with Gasteiger partial charge in [-0.1, -0.05) is 141 Å². The summed E-state index contributed by atoms with van der Waals surface area (Å²) in [6.45, 7) is 4.90. The van der Waals surface area contributed by atoms with Gasteiger partial charge in [-0.25, -0.2) is 4.79 Å². The molecule has 0 bridgehead atoms. The van der Waals surface area contributed by atoms with Gasteiger partial charge >= 0.3 is 11.9 Å². The number of aliphatic carboxylic acids is 1. The van der Waals surface area contributed by atoms with Gasteiger partial charge in [0.2, 0.25) is 5.91 Å². The second kappa shape index (κ2) is 38.8. The molecule has 0 aromatic heterocycles. The molecule has 2 atom stereocenters. The SMILES string of the molecule is CCCCC/C=C\C/C=C\C(CCCCCCCCC(=O)NC(CCCN)C(=O)O)OC(=O)CCCCCCC/C=C\CCCCCCCCC. The van der Waals surface area contributed by atoms with Gasteiger partial charge in [0.25, 0.3) is 0 Å². The van der Waals surface area contributed by atoms with Crippen LogP contribution in [0.15, 0.2) is 36.5 Å². The van der Waals surface area contributed by atoms with Crippen LogP contribution in [0.25, 0.3) is 0 Å². The number of carboxylic acids is 1. The standard InChI is InChI=1S/C44H80N2O5/c1-3-5-7-9-11-13-14-15-16-17-18-19-20-22-28-32-38-43(48)51-40(34-29-25-21-12-10-8-6-4-2)35-30-26-23-24-27-31-37-42(47)46-41(44(49)50)36-33-39-45/h12,16-17,21,29,34,40-41H,3-11,13-15,18-20,22-28,30-33,35-39,45H2,1-2H3,(H,46,47)(H,49,50)/b17-16-,21-12-,34-29-. The number of carbonyl (C=O) groups excluding carboxylic acids is 2. The number of carbonyl (C=O) groups is 3. The number of rotatable bonds is 38. The second-order valence-corrected chi connectivity index (χ2v) is 14.4. The van der Waals surface area contributed by atoms with E-state index in [2.05, 4.69) is 55.6 Å². The topological polar surface area (TPSA) is 119 Å². The van der Waals surface area contributed by atoms with Crippen molar-refractivity contribution in [1.29, 1.82) is 0 Å². The van der Waals surface area contributed by atoms with Crippen molar-refractivity contribution in [2.75, 3.05) is 6.54 Å². The molecular formula is C44H80N2O5. The number of nitrogens with one attached hydrogen (secondary N) is 1. The summed E-state index contributed by atoms with van der Waals surface area (Å²) in [6.07, 6.45) is 45.0. The van der Waals surface area contributed by atoms with Gasteiger partial charge in [-0.15, -0.1) is 0 Å². The highest BCUT2D eigenvalue weighted by Crippen LogP contribution is 2.15. The molecule has 0 heterocycles. The van der Waals surface area contributed by atoms with Gasteiger partial charge < -0.3 is 20.9 Å². The summed E-state index contributed by atoms with van der Waals surface area (Å²) in [4.78, 5) is 36.2. The first-order valence-corrected chi connectivity index (χ1v) is 21.3. The van der Waals surface area contributed by atoms with Crippen molar-refractivity contribution in [2.24, 2.45) is 5.73 Å². The van der Waals surface area contributed by atoms with Crippen molar-refractivity contribution in [2.45, 2.75) is 219 Å². The molecule has 0 rings (SSSR count). The maximum Gasteiger partial charge on any atom is 0.326 e. The maximum atomic E-state index is 12.7. The van der Waals surface area contributed by atoms with E-state index in [9.17, 15) is 19.5 Å². The van der Waals surface area contributed by atoms with Crippen molar-refractivity contribution in [1.82, 2.24) is 5.32 Å². The molecular weight excluding hydrogens is 636 g/mol. The minimum atomic E-state index is -1.01. The number of hydrogen-bond acceptors (Lipinski definition) is 5. The minimum absolute atomic E-state index is 0.0838. The monoisotopic (exact) mass is 717 g/mol. The molecule has 0 aliphatic carbocycles. The summed E-state index contributed by atoms with van der Waals surface area (Å²) in [7, 11) is 0. The van der Waals surface area contributed by atoms with Crippen LogP contribution in [0.5, 0.6) is 0 Å². The minimum Gasteiger partial charge on any atom is -0.480 e. The molecule has 0 spiro atoms. The van der Waals surface area contributed by atoms with Gasteiger partial charge in [-0.3, -0.25) is 9.59 Å². The fraction of sp³-hybridized carbons (Fsp3) is 0.795. The lowest BCUT2D eigenvalue weighted by Crippen LogP contribution is -2.40. The predicted molar refractivity (Wildman–Crippen MR) is 216 cm³/mol. The van der Waals surface area contributed by atoms with Gasteiger partial charge in [0.15, 0.2) is 0 Å². The van der Waals surface area contributed by atoms with Crippen LogP contribution < -0.4 is 11.1 Å². The highest BCUT2D eigenvalue weighted by molar-refractivity contribution is 5.83. The first kappa shape index (κ1) is 48.6. The summed E-state index contributed by atoms with van der Waals surface area (Å²) < 4.78 is 5.93. The largest absolute Gasteiger partial charge is 0.480 e. The first-order chi connectivity index (χ1) is 24.9. The molecule has 7 heteroatoms. The zero-order valence-corrected chi connectivity index (χ0v) is 33.2. The lowest BCUT2D eigenvalue weighted by molar-refractivity contribution is -0.147. The number of esters is 1. The Morgan fingerprint density at radius 3 is 1.67 bits per heavy atom. The molecule has 0 saturated carbocycles.